The number of nitrogens with zero attached hydrogens (tertiary/aromatic N) is 3. The number of fused-ring (bicyclic) bond motifs is 1. The maximum Gasteiger partial charge on any atom is 0.335 e. The topological polar surface area (TPSA) is 82.9 Å². The molecule has 0 saturated heterocycles. The summed E-state index contributed by atoms with van der Waals surface area (Å²) in [6, 6.07) is 23.7. The van der Waals surface area contributed by atoms with Crippen LogP contribution in [0.3, 0.4) is 0 Å². The number of thiazole rings is 1. The Morgan fingerprint density at radius 1 is 0.968 bits per heavy atom. The van der Waals surface area contributed by atoms with Gasteiger partial charge in [0.15, 0.2) is 5.13 Å². The van der Waals surface area contributed by atoms with Gasteiger partial charge in [-0.25, -0.2) is 19.7 Å². The van der Waals surface area contributed by atoms with E-state index in [2.05, 4.69) is 9.98 Å². The molecule has 2 heterocycles. The number of rotatable bonds is 4. The number of anilines is 1. The van der Waals surface area contributed by atoms with Crippen LogP contribution in [0.15, 0.2) is 89.6 Å². The summed E-state index contributed by atoms with van der Waals surface area (Å²) in [6.45, 7) is 0. The van der Waals surface area contributed by atoms with Gasteiger partial charge < -0.3 is 5.11 Å². The standard InChI is InChI=1S/C24H15N3O3S/c28-22-19(13-15-7-3-1-4-8-15)25-21(16-9-5-2-6-10-16)27(22)24-26-18-12-11-17(23(29)30)14-20(18)31-24/h1-14H,(H,29,30)/b19-13+. The van der Waals surface area contributed by atoms with Crippen LogP contribution in [0.1, 0.15) is 21.5 Å². The average molecular weight is 425 g/mol. The minimum absolute atomic E-state index is 0.178. The zero-order valence-corrected chi connectivity index (χ0v) is 16.9. The largest absolute Gasteiger partial charge is 0.478 e. The van der Waals surface area contributed by atoms with Gasteiger partial charge in [-0.3, -0.25) is 4.79 Å². The Labute approximate surface area is 181 Å². The van der Waals surface area contributed by atoms with Crippen LogP contribution in [0.25, 0.3) is 16.3 Å². The van der Waals surface area contributed by atoms with Crippen molar-refractivity contribution < 1.29 is 14.7 Å². The molecule has 31 heavy (non-hydrogen) atoms. The fourth-order valence-corrected chi connectivity index (χ4v) is 4.33. The van der Waals surface area contributed by atoms with E-state index >= 15 is 0 Å². The monoisotopic (exact) mass is 425 g/mol. The summed E-state index contributed by atoms with van der Waals surface area (Å²) >= 11 is 1.26. The van der Waals surface area contributed by atoms with Crippen LogP contribution in [-0.4, -0.2) is 27.8 Å². The maximum absolute atomic E-state index is 13.4. The van der Waals surface area contributed by atoms with E-state index in [0.717, 1.165) is 11.1 Å². The molecule has 0 unspecified atom stereocenters. The molecule has 0 spiro atoms. The minimum atomic E-state index is -1.01. The van der Waals surface area contributed by atoms with Gasteiger partial charge in [0.2, 0.25) is 0 Å². The van der Waals surface area contributed by atoms with Gasteiger partial charge in [0.05, 0.1) is 15.8 Å². The lowest BCUT2D eigenvalue weighted by Gasteiger charge is -2.14. The summed E-state index contributed by atoms with van der Waals surface area (Å²) in [4.78, 5) is 35.4. The third-order valence-corrected chi connectivity index (χ3v) is 5.81. The van der Waals surface area contributed by atoms with Crippen molar-refractivity contribution >= 4 is 50.5 Å². The molecule has 1 aromatic heterocycles. The van der Waals surface area contributed by atoms with Crippen molar-refractivity contribution in [2.45, 2.75) is 0 Å². The SMILES string of the molecule is O=C(O)c1ccc2nc(N3C(=O)/C(=C\c4ccccc4)N=C3c3ccccc3)sc2c1. The van der Waals surface area contributed by atoms with E-state index in [1.54, 1.807) is 18.2 Å². The number of aliphatic imine (C=N–C) groups is 1. The quantitative estimate of drug-likeness (QED) is 0.475. The highest BCUT2D eigenvalue weighted by Gasteiger charge is 2.34. The third-order valence-electron chi connectivity index (χ3n) is 4.81. The number of aromatic carboxylic acids is 1. The molecule has 3 aromatic carbocycles. The first kappa shape index (κ1) is 18.9. The Kier molecular flexibility index (Phi) is 4.65. The van der Waals surface area contributed by atoms with Gasteiger partial charge in [0.1, 0.15) is 11.5 Å². The van der Waals surface area contributed by atoms with Crippen LogP contribution in [0, 0.1) is 0 Å². The lowest BCUT2D eigenvalue weighted by molar-refractivity contribution is -0.113. The number of carboxylic acids is 1. The van der Waals surface area contributed by atoms with E-state index in [1.165, 1.54) is 22.3 Å². The molecule has 0 radical (unpaired) electrons. The van der Waals surface area contributed by atoms with Crippen molar-refractivity contribution in [3.05, 3.63) is 101 Å². The zero-order chi connectivity index (χ0) is 21.4. The Hall–Kier alpha value is -4.10. The highest BCUT2D eigenvalue weighted by atomic mass is 32.1. The van der Waals surface area contributed by atoms with Crippen molar-refractivity contribution in [3.63, 3.8) is 0 Å². The highest BCUT2D eigenvalue weighted by molar-refractivity contribution is 7.22. The van der Waals surface area contributed by atoms with Crippen molar-refractivity contribution in [3.8, 4) is 0 Å². The minimum Gasteiger partial charge on any atom is -0.478 e. The molecule has 7 heteroatoms. The summed E-state index contributed by atoms with van der Waals surface area (Å²) in [5.41, 5.74) is 2.79. The molecule has 6 nitrogen and oxygen atoms in total. The predicted molar refractivity (Wildman–Crippen MR) is 121 cm³/mol. The molecule has 5 rings (SSSR count). The van der Waals surface area contributed by atoms with Gasteiger partial charge in [-0.1, -0.05) is 72.0 Å². The Morgan fingerprint density at radius 2 is 1.68 bits per heavy atom. The van der Waals surface area contributed by atoms with E-state index in [4.69, 9.17) is 0 Å². The number of hydrogen-bond donors (Lipinski definition) is 1. The van der Waals surface area contributed by atoms with Crippen molar-refractivity contribution in [2.24, 2.45) is 4.99 Å². The summed E-state index contributed by atoms with van der Waals surface area (Å²) in [5.74, 6) is -0.792. The van der Waals surface area contributed by atoms with E-state index in [0.29, 0.717) is 26.9 Å². The molecule has 1 amide bonds. The van der Waals surface area contributed by atoms with Crippen LogP contribution in [-0.2, 0) is 4.79 Å². The Balaban J connectivity index is 1.63. The molecule has 0 aliphatic carbocycles. The van der Waals surface area contributed by atoms with Gasteiger partial charge >= 0.3 is 5.97 Å². The fourth-order valence-electron chi connectivity index (χ4n) is 3.32. The van der Waals surface area contributed by atoms with Crippen molar-refractivity contribution in [2.75, 3.05) is 4.90 Å². The van der Waals surface area contributed by atoms with E-state index < -0.39 is 5.97 Å². The summed E-state index contributed by atoms with van der Waals surface area (Å²) in [7, 11) is 0. The van der Waals surface area contributed by atoms with Gasteiger partial charge in [0, 0.05) is 5.56 Å². The molecule has 0 atom stereocenters. The second-order valence-corrected chi connectivity index (χ2v) is 7.88. The molecule has 4 aromatic rings. The first-order chi connectivity index (χ1) is 15.1. The first-order valence-corrected chi connectivity index (χ1v) is 10.3. The number of benzene rings is 3. The van der Waals surface area contributed by atoms with Crippen LogP contribution in [0.5, 0.6) is 0 Å². The van der Waals surface area contributed by atoms with Gasteiger partial charge in [-0.15, -0.1) is 0 Å². The fraction of sp³-hybridized carbons (Fsp3) is 0. The molecule has 0 saturated carbocycles. The molecular formula is C24H15N3O3S. The molecule has 0 fully saturated rings. The maximum atomic E-state index is 13.4. The normalized spacial score (nSPS) is 15.0. The molecule has 150 valence electrons. The molecule has 1 aliphatic rings. The smallest absolute Gasteiger partial charge is 0.335 e. The third kappa shape index (κ3) is 3.51. The molecule has 1 N–H and O–H groups in total. The number of amides is 1. The first-order valence-electron chi connectivity index (χ1n) is 9.49. The summed E-state index contributed by atoms with van der Waals surface area (Å²) in [6.07, 6.45) is 1.75. The van der Waals surface area contributed by atoms with Crippen LogP contribution in [0.4, 0.5) is 5.13 Å². The average Bonchev–Trinajstić information content (AvgIpc) is 3.35. The second-order valence-electron chi connectivity index (χ2n) is 6.87. The zero-order valence-electron chi connectivity index (χ0n) is 16.1. The summed E-state index contributed by atoms with van der Waals surface area (Å²) < 4.78 is 0.690. The number of carbonyl (C=O) groups excluding carboxylic acids is 1. The van der Waals surface area contributed by atoms with Crippen LogP contribution < -0.4 is 4.90 Å². The van der Waals surface area contributed by atoms with Gasteiger partial charge in [0.25, 0.3) is 5.91 Å². The van der Waals surface area contributed by atoms with Gasteiger partial charge in [-0.05, 0) is 29.8 Å². The van der Waals surface area contributed by atoms with Crippen molar-refractivity contribution in [1.29, 1.82) is 0 Å². The van der Waals surface area contributed by atoms with Gasteiger partial charge in [-0.2, -0.15) is 0 Å². The van der Waals surface area contributed by atoms with E-state index in [9.17, 15) is 14.7 Å². The molecule has 1 aliphatic heterocycles. The van der Waals surface area contributed by atoms with E-state index in [-0.39, 0.29) is 11.5 Å². The van der Waals surface area contributed by atoms with E-state index in [1.807, 2.05) is 60.7 Å². The van der Waals surface area contributed by atoms with Crippen LogP contribution >= 0.6 is 11.3 Å². The number of amidine groups is 1. The summed E-state index contributed by atoms with van der Waals surface area (Å²) in [5, 5.41) is 9.71. The number of carbonyl (C=O) groups is 2. The lowest BCUT2D eigenvalue weighted by Crippen LogP contribution is -2.32. The Bertz CT molecular complexity index is 1380. The Morgan fingerprint density at radius 3 is 2.39 bits per heavy atom. The molecule has 0 bridgehead atoms. The number of carboxylic acid groups (broad SMARTS) is 1. The van der Waals surface area contributed by atoms with Crippen molar-refractivity contribution in [1.82, 2.24) is 4.98 Å². The number of hydrogen-bond acceptors (Lipinski definition) is 5. The molecular weight excluding hydrogens is 410 g/mol. The van der Waals surface area contributed by atoms with Crippen LogP contribution in [0.2, 0.25) is 0 Å². The predicted octanol–water partition coefficient (Wildman–Crippen LogP) is 4.83. The lowest BCUT2D eigenvalue weighted by atomic mass is 10.2. The highest BCUT2D eigenvalue weighted by Crippen LogP contribution is 2.34. The number of aromatic nitrogens is 1. The second kappa shape index (κ2) is 7.62.